The van der Waals surface area contributed by atoms with Gasteiger partial charge < -0.3 is 4.57 Å². The van der Waals surface area contributed by atoms with Gasteiger partial charge in [-0.05, 0) is 19.1 Å². The number of para-hydroxylation sites is 2. The summed E-state index contributed by atoms with van der Waals surface area (Å²) in [6, 6.07) is 13.7. The van der Waals surface area contributed by atoms with Gasteiger partial charge in [0, 0.05) is 23.3 Å². The van der Waals surface area contributed by atoms with E-state index >= 15 is 0 Å². The summed E-state index contributed by atoms with van der Waals surface area (Å²) in [4.78, 5) is 21.6. The highest BCUT2D eigenvalue weighted by molar-refractivity contribution is 6.14. The highest BCUT2D eigenvalue weighted by Gasteiger charge is 2.17. The van der Waals surface area contributed by atoms with Crippen molar-refractivity contribution in [1.82, 2.24) is 4.57 Å². The van der Waals surface area contributed by atoms with E-state index in [-0.39, 0.29) is 0 Å². The Morgan fingerprint density at radius 3 is 2.65 bits per heavy atom. The summed E-state index contributed by atoms with van der Waals surface area (Å²) in [6.45, 7) is 2.10. The molecule has 0 aliphatic rings. The number of aromatic nitrogens is 1. The molecule has 102 valence electrons. The van der Waals surface area contributed by atoms with Gasteiger partial charge in [-0.25, -0.2) is 4.79 Å². The molecule has 0 radical (unpaired) electrons. The van der Waals surface area contributed by atoms with Crippen molar-refractivity contribution < 1.29 is 14.6 Å². The summed E-state index contributed by atoms with van der Waals surface area (Å²) in [5.74, 6) is -0.469. The van der Waals surface area contributed by atoms with Gasteiger partial charge in [-0.15, -0.1) is 0 Å². The van der Waals surface area contributed by atoms with Crippen LogP contribution < -0.4 is 0 Å². The fourth-order valence-corrected chi connectivity index (χ4v) is 2.56. The molecule has 0 N–H and O–H groups in total. The van der Waals surface area contributed by atoms with Crippen LogP contribution in [0.2, 0.25) is 0 Å². The fraction of sp³-hybridized carbons (Fsp3) is 0.188. The van der Waals surface area contributed by atoms with Crippen LogP contribution in [0.4, 0.5) is 0 Å². The van der Waals surface area contributed by atoms with Crippen LogP contribution in [0.1, 0.15) is 17.3 Å². The minimum Gasteiger partial charge on any atom is -0.343 e. The van der Waals surface area contributed by atoms with Gasteiger partial charge >= 0.3 is 5.97 Å². The quantitative estimate of drug-likeness (QED) is 0.540. The molecule has 4 nitrogen and oxygen atoms in total. The number of rotatable bonds is 3. The summed E-state index contributed by atoms with van der Waals surface area (Å²) in [5.41, 5.74) is 2.45. The van der Waals surface area contributed by atoms with Crippen molar-refractivity contribution >= 4 is 27.8 Å². The summed E-state index contributed by atoms with van der Waals surface area (Å²) in [5, 5.41) is 2.16. The largest absolute Gasteiger partial charge is 0.375 e. The molecule has 0 aliphatic carbocycles. The number of benzene rings is 2. The van der Waals surface area contributed by atoms with Crippen LogP contribution in [-0.4, -0.2) is 17.1 Å². The molecule has 0 bridgehead atoms. The van der Waals surface area contributed by atoms with Gasteiger partial charge in [0.15, 0.2) is 0 Å². The van der Waals surface area contributed by atoms with E-state index < -0.39 is 5.97 Å². The van der Waals surface area contributed by atoms with Crippen molar-refractivity contribution in [2.75, 3.05) is 6.61 Å². The summed E-state index contributed by atoms with van der Waals surface area (Å²) < 4.78 is 2.01. The second kappa shape index (κ2) is 4.98. The van der Waals surface area contributed by atoms with E-state index in [0.29, 0.717) is 12.2 Å². The molecule has 3 aromatic rings. The first-order chi connectivity index (χ1) is 9.74. The lowest BCUT2D eigenvalue weighted by Crippen LogP contribution is -2.07. The molecule has 0 saturated carbocycles. The number of hydrogen-bond donors (Lipinski definition) is 0. The smallest absolute Gasteiger partial charge is 0.343 e. The third kappa shape index (κ3) is 1.85. The van der Waals surface area contributed by atoms with Crippen molar-refractivity contribution in [3.8, 4) is 0 Å². The van der Waals surface area contributed by atoms with Gasteiger partial charge in [-0.2, -0.15) is 4.89 Å². The maximum Gasteiger partial charge on any atom is 0.375 e. The molecule has 0 saturated heterocycles. The lowest BCUT2D eigenvalue weighted by atomic mass is 10.1. The Morgan fingerprint density at radius 2 is 1.85 bits per heavy atom. The zero-order valence-corrected chi connectivity index (χ0v) is 11.4. The molecular formula is C16H15NO3. The zero-order chi connectivity index (χ0) is 14.1. The Labute approximate surface area is 116 Å². The molecule has 0 atom stereocenters. The number of fused-ring (bicyclic) bond motifs is 3. The highest BCUT2D eigenvalue weighted by atomic mass is 17.2. The van der Waals surface area contributed by atoms with Crippen LogP contribution in [0.3, 0.4) is 0 Å². The van der Waals surface area contributed by atoms with Gasteiger partial charge in [0.25, 0.3) is 0 Å². The van der Waals surface area contributed by atoms with Gasteiger partial charge in [0.1, 0.15) is 0 Å². The van der Waals surface area contributed by atoms with Crippen molar-refractivity contribution in [3.05, 3.63) is 48.0 Å². The zero-order valence-electron chi connectivity index (χ0n) is 11.4. The van der Waals surface area contributed by atoms with Crippen LogP contribution in [0.15, 0.2) is 42.5 Å². The Balaban J connectivity index is 2.26. The monoisotopic (exact) mass is 269 g/mol. The number of carbonyl (C=O) groups is 1. The SMILES string of the molecule is CCOOC(=O)c1cccc2c3ccccc3n(C)c12. The lowest BCUT2D eigenvalue weighted by Gasteiger charge is -2.05. The van der Waals surface area contributed by atoms with Crippen LogP contribution in [0, 0.1) is 0 Å². The predicted molar refractivity (Wildman–Crippen MR) is 77.5 cm³/mol. The summed E-state index contributed by atoms with van der Waals surface area (Å²) in [6.07, 6.45) is 0. The van der Waals surface area contributed by atoms with E-state index in [0.717, 1.165) is 21.8 Å². The summed E-state index contributed by atoms with van der Waals surface area (Å²) >= 11 is 0. The van der Waals surface area contributed by atoms with Crippen LogP contribution in [0.5, 0.6) is 0 Å². The van der Waals surface area contributed by atoms with Gasteiger partial charge in [0.05, 0.1) is 17.7 Å². The van der Waals surface area contributed by atoms with E-state index in [1.54, 1.807) is 13.0 Å². The molecule has 4 heteroatoms. The van der Waals surface area contributed by atoms with E-state index in [1.807, 2.05) is 41.9 Å². The maximum atomic E-state index is 12.1. The first-order valence-electron chi connectivity index (χ1n) is 6.54. The number of nitrogens with zero attached hydrogens (tertiary/aromatic N) is 1. The Hall–Kier alpha value is -2.33. The highest BCUT2D eigenvalue weighted by Crippen LogP contribution is 2.30. The minimum absolute atomic E-state index is 0.330. The van der Waals surface area contributed by atoms with Crippen molar-refractivity contribution in [2.45, 2.75) is 6.92 Å². The number of aryl methyl sites for hydroxylation is 1. The first-order valence-corrected chi connectivity index (χ1v) is 6.54. The Morgan fingerprint density at radius 1 is 1.10 bits per heavy atom. The third-order valence-corrected chi connectivity index (χ3v) is 3.40. The van der Waals surface area contributed by atoms with Gasteiger partial charge in [-0.3, -0.25) is 4.89 Å². The molecule has 1 aromatic heterocycles. The van der Waals surface area contributed by atoms with Gasteiger partial charge in [-0.1, -0.05) is 30.3 Å². The van der Waals surface area contributed by atoms with Crippen molar-refractivity contribution in [1.29, 1.82) is 0 Å². The molecule has 0 spiro atoms. The maximum absolute atomic E-state index is 12.1. The van der Waals surface area contributed by atoms with Crippen molar-refractivity contribution in [3.63, 3.8) is 0 Å². The normalized spacial score (nSPS) is 11.1. The summed E-state index contributed by atoms with van der Waals surface area (Å²) in [7, 11) is 1.95. The van der Waals surface area contributed by atoms with E-state index in [2.05, 4.69) is 6.07 Å². The molecule has 0 unspecified atom stereocenters. The number of hydrogen-bond acceptors (Lipinski definition) is 3. The number of carbonyl (C=O) groups excluding carboxylic acids is 1. The topological polar surface area (TPSA) is 40.5 Å². The predicted octanol–water partition coefficient (Wildman–Crippen LogP) is 3.44. The second-order valence-electron chi connectivity index (χ2n) is 4.56. The second-order valence-corrected chi connectivity index (χ2v) is 4.56. The van der Waals surface area contributed by atoms with Gasteiger partial charge in [0.2, 0.25) is 0 Å². The van der Waals surface area contributed by atoms with E-state index in [1.165, 1.54) is 0 Å². The molecule has 0 amide bonds. The molecular weight excluding hydrogens is 254 g/mol. The lowest BCUT2D eigenvalue weighted by molar-refractivity contribution is -0.236. The van der Waals surface area contributed by atoms with Crippen LogP contribution >= 0.6 is 0 Å². The molecule has 2 aromatic carbocycles. The fourth-order valence-electron chi connectivity index (χ4n) is 2.56. The Kier molecular flexibility index (Phi) is 3.16. The third-order valence-electron chi connectivity index (χ3n) is 3.40. The first kappa shape index (κ1) is 12.7. The average molecular weight is 269 g/mol. The molecule has 1 heterocycles. The molecule has 0 fully saturated rings. The minimum atomic E-state index is -0.469. The van der Waals surface area contributed by atoms with Crippen LogP contribution in [0.25, 0.3) is 21.8 Å². The molecule has 20 heavy (non-hydrogen) atoms. The average Bonchev–Trinajstić information content (AvgIpc) is 2.79. The van der Waals surface area contributed by atoms with E-state index in [9.17, 15) is 4.79 Å². The van der Waals surface area contributed by atoms with Crippen molar-refractivity contribution in [2.24, 2.45) is 7.05 Å². The molecule has 3 rings (SSSR count). The standard InChI is InChI=1S/C16H15NO3/c1-3-19-20-16(18)13-9-6-8-12-11-7-4-5-10-14(11)17(2)15(12)13/h4-10H,3H2,1-2H3. The molecule has 0 aliphatic heterocycles. The van der Waals surface area contributed by atoms with Crippen LogP contribution in [-0.2, 0) is 16.8 Å². The Bertz CT molecular complexity index is 789. The van der Waals surface area contributed by atoms with E-state index in [4.69, 9.17) is 9.78 Å².